The molecule has 0 heterocycles. The lowest BCUT2D eigenvalue weighted by Crippen LogP contribution is -2.23. The molecule has 15 heavy (non-hydrogen) atoms. The van der Waals surface area contributed by atoms with E-state index in [4.69, 9.17) is 5.11 Å². The van der Waals surface area contributed by atoms with E-state index >= 15 is 0 Å². The van der Waals surface area contributed by atoms with Crippen molar-refractivity contribution in [3.8, 4) is 0 Å². The van der Waals surface area contributed by atoms with Crippen molar-refractivity contribution >= 4 is 11.9 Å². The zero-order valence-electron chi connectivity index (χ0n) is 8.01. The van der Waals surface area contributed by atoms with Crippen LogP contribution < -0.4 is 0 Å². The molecule has 0 spiro atoms. The summed E-state index contributed by atoms with van der Waals surface area (Å²) in [5, 5.41) is 8.45. The van der Waals surface area contributed by atoms with Gasteiger partial charge in [-0.25, -0.2) is 9.59 Å². The summed E-state index contributed by atoms with van der Waals surface area (Å²) in [4.78, 5) is 21.4. The molecule has 86 valence electrons. The number of hydrogen-bond donors (Lipinski definition) is 1. The first kappa shape index (κ1) is 13.5. The van der Waals surface area contributed by atoms with E-state index in [1.165, 1.54) is 6.92 Å². The first-order valence-corrected chi connectivity index (χ1v) is 3.90. The number of aliphatic carboxylic acids is 1. The van der Waals surface area contributed by atoms with Crippen LogP contribution in [-0.2, 0) is 14.3 Å². The van der Waals surface area contributed by atoms with Crippen LogP contribution in [0.15, 0.2) is 11.1 Å². The number of esters is 1. The van der Waals surface area contributed by atoms with Crippen molar-refractivity contribution in [3.05, 3.63) is 11.1 Å². The SMILES string of the molecule is CCOC(=O)C(C(=O)O)=C(C)C(F)(F)F. The highest BCUT2D eigenvalue weighted by Crippen LogP contribution is 2.28. The van der Waals surface area contributed by atoms with Gasteiger partial charge in [0.25, 0.3) is 0 Å². The van der Waals surface area contributed by atoms with Crippen molar-refractivity contribution in [2.75, 3.05) is 6.61 Å². The summed E-state index contributed by atoms with van der Waals surface area (Å²) < 4.78 is 40.6. The Hall–Kier alpha value is -1.53. The van der Waals surface area contributed by atoms with Crippen molar-refractivity contribution in [1.82, 2.24) is 0 Å². The van der Waals surface area contributed by atoms with Gasteiger partial charge in [0.15, 0.2) is 5.57 Å². The quantitative estimate of drug-likeness (QED) is 0.343. The van der Waals surface area contributed by atoms with E-state index in [0.717, 1.165) is 0 Å². The second-order valence-corrected chi connectivity index (χ2v) is 2.52. The number of ether oxygens (including phenoxy) is 1. The van der Waals surface area contributed by atoms with Gasteiger partial charge in [0.2, 0.25) is 0 Å². The first-order valence-electron chi connectivity index (χ1n) is 3.90. The van der Waals surface area contributed by atoms with Gasteiger partial charge in [-0.2, -0.15) is 13.2 Å². The molecule has 0 saturated heterocycles. The van der Waals surface area contributed by atoms with Crippen LogP contribution in [0.5, 0.6) is 0 Å². The maximum atomic E-state index is 12.1. The molecular weight excluding hydrogens is 217 g/mol. The van der Waals surface area contributed by atoms with Gasteiger partial charge in [-0.3, -0.25) is 0 Å². The average molecular weight is 226 g/mol. The molecule has 0 bridgehead atoms. The Balaban J connectivity index is 5.31. The summed E-state index contributed by atoms with van der Waals surface area (Å²) >= 11 is 0. The maximum Gasteiger partial charge on any atom is 0.413 e. The van der Waals surface area contributed by atoms with Gasteiger partial charge in [0.1, 0.15) is 0 Å². The normalized spacial score (nSPS) is 13.1. The summed E-state index contributed by atoms with van der Waals surface area (Å²) in [5.41, 5.74) is -2.86. The van der Waals surface area contributed by atoms with Crippen LogP contribution in [0.2, 0.25) is 0 Å². The lowest BCUT2D eigenvalue weighted by atomic mass is 10.1. The number of hydrogen-bond acceptors (Lipinski definition) is 3. The summed E-state index contributed by atoms with van der Waals surface area (Å²) in [7, 11) is 0. The van der Waals surface area contributed by atoms with Gasteiger partial charge in [-0.05, 0) is 13.8 Å². The molecule has 0 radical (unpaired) electrons. The Morgan fingerprint density at radius 3 is 2.07 bits per heavy atom. The number of carbonyl (C=O) groups excluding carboxylic acids is 1. The van der Waals surface area contributed by atoms with Gasteiger partial charge in [-0.15, -0.1) is 0 Å². The van der Waals surface area contributed by atoms with E-state index in [0.29, 0.717) is 6.92 Å². The molecule has 0 aliphatic carbocycles. The zero-order chi connectivity index (χ0) is 12.2. The summed E-state index contributed by atoms with van der Waals surface area (Å²) in [6, 6.07) is 0. The molecule has 0 unspecified atom stereocenters. The van der Waals surface area contributed by atoms with E-state index in [-0.39, 0.29) is 6.61 Å². The topological polar surface area (TPSA) is 63.6 Å². The lowest BCUT2D eigenvalue weighted by molar-refractivity contribution is -0.145. The summed E-state index contributed by atoms with van der Waals surface area (Å²) in [6.07, 6.45) is -4.86. The fourth-order valence-corrected chi connectivity index (χ4v) is 0.746. The Morgan fingerprint density at radius 1 is 1.33 bits per heavy atom. The van der Waals surface area contributed by atoms with Crippen LogP contribution in [0, 0.1) is 0 Å². The lowest BCUT2D eigenvalue weighted by Gasteiger charge is -2.10. The number of carboxylic acid groups (broad SMARTS) is 1. The van der Waals surface area contributed by atoms with E-state index in [1.807, 2.05) is 0 Å². The molecule has 0 aromatic rings. The molecule has 0 aromatic carbocycles. The number of rotatable bonds is 3. The monoisotopic (exact) mass is 226 g/mol. The molecule has 7 heteroatoms. The van der Waals surface area contributed by atoms with Crippen LogP contribution in [0.3, 0.4) is 0 Å². The van der Waals surface area contributed by atoms with Gasteiger partial charge in [0.05, 0.1) is 12.2 Å². The van der Waals surface area contributed by atoms with Crippen LogP contribution >= 0.6 is 0 Å². The number of halogens is 3. The third-order valence-corrected chi connectivity index (χ3v) is 1.49. The second-order valence-electron chi connectivity index (χ2n) is 2.52. The predicted molar refractivity (Wildman–Crippen MR) is 43.0 cm³/mol. The number of alkyl halides is 3. The summed E-state index contributed by atoms with van der Waals surface area (Å²) in [6.45, 7) is 1.68. The minimum Gasteiger partial charge on any atom is -0.477 e. The maximum absolute atomic E-state index is 12.1. The largest absolute Gasteiger partial charge is 0.477 e. The molecule has 0 amide bonds. The van der Waals surface area contributed by atoms with Crippen molar-refractivity contribution in [2.24, 2.45) is 0 Å². The minimum absolute atomic E-state index is 0.194. The highest BCUT2D eigenvalue weighted by atomic mass is 19.4. The van der Waals surface area contributed by atoms with E-state index in [2.05, 4.69) is 4.74 Å². The van der Waals surface area contributed by atoms with Gasteiger partial charge < -0.3 is 9.84 Å². The van der Waals surface area contributed by atoms with Gasteiger partial charge >= 0.3 is 18.1 Å². The Kier molecular flexibility index (Phi) is 4.32. The van der Waals surface area contributed by atoms with Gasteiger partial charge in [0, 0.05) is 0 Å². The molecule has 0 aliphatic rings. The fourth-order valence-electron chi connectivity index (χ4n) is 0.746. The third kappa shape index (κ3) is 3.61. The third-order valence-electron chi connectivity index (χ3n) is 1.49. The van der Waals surface area contributed by atoms with Gasteiger partial charge in [-0.1, -0.05) is 0 Å². The Morgan fingerprint density at radius 2 is 1.80 bits per heavy atom. The number of allylic oxidation sites excluding steroid dienone is 1. The average Bonchev–Trinajstić information content (AvgIpc) is 2.02. The van der Waals surface area contributed by atoms with Crippen molar-refractivity contribution in [3.63, 3.8) is 0 Å². The second kappa shape index (κ2) is 4.81. The highest BCUT2D eigenvalue weighted by molar-refractivity contribution is 6.14. The molecule has 4 nitrogen and oxygen atoms in total. The van der Waals surface area contributed by atoms with Crippen LogP contribution in [0.1, 0.15) is 13.8 Å². The number of carbonyl (C=O) groups is 2. The summed E-state index contributed by atoms with van der Waals surface area (Å²) in [5.74, 6) is -3.44. The predicted octanol–water partition coefficient (Wildman–Crippen LogP) is 1.51. The Bertz CT molecular complexity index is 303. The standard InChI is InChI=1S/C8H9F3O4/c1-3-15-7(14)5(6(12)13)4(2)8(9,10)11/h3H2,1-2H3,(H,12,13). The Labute approximate surface area is 83.3 Å². The molecule has 0 aliphatic heterocycles. The molecule has 1 N–H and O–H groups in total. The smallest absolute Gasteiger partial charge is 0.413 e. The zero-order valence-corrected chi connectivity index (χ0v) is 8.01. The van der Waals surface area contributed by atoms with E-state index in [9.17, 15) is 22.8 Å². The first-order chi connectivity index (χ1) is 6.71. The molecule has 0 fully saturated rings. The van der Waals surface area contributed by atoms with Crippen LogP contribution in [-0.4, -0.2) is 29.8 Å². The fraction of sp³-hybridized carbons (Fsp3) is 0.500. The minimum atomic E-state index is -4.86. The molecule has 0 atom stereocenters. The van der Waals surface area contributed by atoms with Crippen LogP contribution in [0.25, 0.3) is 0 Å². The van der Waals surface area contributed by atoms with Crippen molar-refractivity contribution < 1.29 is 32.6 Å². The molecule has 0 saturated carbocycles. The van der Waals surface area contributed by atoms with E-state index < -0.39 is 29.3 Å². The van der Waals surface area contributed by atoms with Crippen molar-refractivity contribution in [1.29, 1.82) is 0 Å². The van der Waals surface area contributed by atoms with Crippen molar-refractivity contribution in [2.45, 2.75) is 20.0 Å². The highest BCUT2D eigenvalue weighted by Gasteiger charge is 2.38. The molecular formula is C8H9F3O4. The molecule has 0 aromatic heterocycles. The van der Waals surface area contributed by atoms with Crippen LogP contribution in [0.4, 0.5) is 13.2 Å². The van der Waals surface area contributed by atoms with E-state index in [1.54, 1.807) is 0 Å². The number of carboxylic acids is 1. The molecule has 0 rings (SSSR count).